The largest absolute Gasteiger partial charge is 0.397 e. The number of pyridine rings is 2. The first-order valence-corrected chi connectivity index (χ1v) is 15.1. The number of carbonyl (C=O) groups excluding carboxylic acids is 1. The summed E-state index contributed by atoms with van der Waals surface area (Å²) in [4.78, 5) is 34.8. The van der Waals surface area contributed by atoms with E-state index in [1.807, 2.05) is 25.7 Å². The number of hydrogen-bond donors (Lipinski definition) is 2. The van der Waals surface area contributed by atoms with Crippen molar-refractivity contribution in [1.29, 1.82) is 5.26 Å². The molecule has 0 spiro atoms. The van der Waals surface area contributed by atoms with E-state index in [1.165, 1.54) is 16.7 Å². The standard InChI is InChI=1S/C31H28Cl3F2N7O2/c1-5-19(44)41-8-10-42(11-9-41)29-16-12-18(32)27(20-23(35)21(33)24(36)22(34)25(20)38)40-30(16)43(31(45)17(29)13-37)28-15(4)6-7-39-26(28)14(2)3/h5-7,12,14,26,39H,1,8-11,38H2,2-4H3. The van der Waals surface area contributed by atoms with Gasteiger partial charge >= 0.3 is 0 Å². The highest BCUT2D eigenvalue weighted by Crippen LogP contribution is 2.44. The maximum atomic E-state index is 15.6. The predicted octanol–water partition coefficient (Wildman–Crippen LogP) is 5.96. The molecule has 9 nitrogen and oxygen atoms in total. The van der Waals surface area contributed by atoms with Crippen LogP contribution < -0.4 is 21.5 Å². The molecule has 234 valence electrons. The van der Waals surface area contributed by atoms with Crippen molar-refractivity contribution in [3.8, 4) is 17.3 Å². The maximum Gasteiger partial charge on any atom is 0.276 e. The smallest absolute Gasteiger partial charge is 0.276 e. The number of fused-ring (bicyclic) bond motifs is 1. The molecular formula is C31H28Cl3F2N7O2. The summed E-state index contributed by atoms with van der Waals surface area (Å²) in [6.07, 6.45) is 4.79. The average Bonchev–Trinajstić information content (AvgIpc) is 3.02. The number of halogens is 5. The summed E-state index contributed by atoms with van der Waals surface area (Å²) in [7, 11) is 0. The number of allylic oxidation sites excluding steroid dienone is 2. The molecule has 45 heavy (non-hydrogen) atoms. The number of nitrogens with one attached hydrogen (secondary N) is 1. The second kappa shape index (κ2) is 12.4. The number of rotatable bonds is 5. The van der Waals surface area contributed by atoms with Gasteiger partial charge in [0.1, 0.15) is 27.3 Å². The molecule has 1 aromatic carbocycles. The van der Waals surface area contributed by atoms with Crippen LogP contribution in [0.15, 0.2) is 41.4 Å². The highest BCUT2D eigenvalue weighted by Gasteiger charge is 2.33. The minimum absolute atomic E-state index is 0.0166. The van der Waals surface area contributed by atoms with E-state index >= 15 is 4.39 Å². The monoisotopic (exact) mass is 673 g/mol. The van der Waals surface area contributed by atoms with Gasteiger partial charge in [-0.3, -0.25) is 14.2 Å². The second-order valence-corrected chi connectivity index (χ2v) is 12.2. The highest BCUT2D eigenvalue weighted by atomic mass is 35.5. The van der Waals surface area contributed by atoms with Crippen molar-refractivity contribution in [1.82, 2.24) is 19.8 Å². The lowest BCUT2D eigenvalue weighted by Crippen LogP contribution is -2.49. The number of dihydropyridines is 1. The molecular weight excluding hydrogens is 647 g/mol. The number of nitrogen functional groups attached to an aromatic ring is 1. The van der Waals surface area contributed by atoms with Crippen molar-refractivity contribution in [2.24, 2.45) is 5.92 Å². The SMILES string of the molecule is C=CC(=O)N1CCN(c2c(C#N)c(=O)n(C3=C(C)C=CNC3C(C)C)c3nc(-c4c(N)c(Cl)c(F)c(Cl)c4F)c(Cl)cc23)CC1. The van der Waals surface area contributed by atoms with Gasteiger partial charge in [-0.25, -0.2) is 13.8 Å². The van der Waals surface area contributed by atoms with Crippen LogP contribution in [0.25, 0.3) is 28.0 Å². The van der Waals surface area contributed by atoms with Gasteiger partial charge in [-0.2, -0.15) is 5.26 Å². The Balaban J connectivity index is 1.90. The van der Waals surface area contributed by atoms with Crippen LogP contribution in [-0.2, 0) is 4.79 Å². The molecule has 1 fully saturated rings. The lowest BCUT2D eigenvalue weighted by Gasteiger charge is -2.37. The molecule has 2 aromatic heterocycles. The summed E-state index contributed by atoms with van der Waals surface area (Å²) in [5, 5.41) is 12.4. The van der Waals surface area contributed by atoms with Gasteiger partial charge in [0, 0.05) is 31.6 Å². The molecule has 1 saturated heterocycles. The Bertz CT molecular complexity index is 1910. The van der Waals surface area contributed by atoms with Crippen LogP contribution in [0.2, 0.25) is 15.1 Å². The molecule has 4 heterocycles. The quantitative estimate of drug-likeness (QED) is 0.148. The van der Waals surface area contributed by atoms with Gasteiger partial charge in [-0.05, 0) is 42.8 Å². The van der Waals surface area contributed by atoms with Crippen molar-refractivity contribution in [2.75, 3.05) is 36.8 Å². The van der Waals surface area contributed by atoms with Crippen LogP contribution in [0.5, 0.6) is 0 Å². The molecule has 1 unspecified atom stereocenters. The summed E-state index contributed by atoms with van der Waals surface area (Å²) in [5.74, 6) is -2.71. The molecule has 14 heteroatoms. The number of piperazine rings is 1. The summed E-state index contributed by atoms with van der Waals surface area (Å²) in [5.41, 5.74) is 5.67. The fourth-order valence-corrected chi connectivity index (χ4v) is 6.44. The first-order chi connectivity index (χ1) is 21.3. The third-order valence-electron chi connectivity index (χ3n) is 8.03. The third-order valence-corrected chi connectivity index (χ3v) is 9.02. The molecule has 0 radical (unpaired) electrons. The topological polar surface area (TPSA) is 120 Å². The summed E-state index contributed by atoms with van der Waals surface area (Å²) < 4.78 is 31.4. The molecule has 2 aliphatic heterocycles. The summed E-state index contributed by atoms with van der Waals surface area (Å²) in [6, 6.07) is 3.17. The molecule has 2 aliphatic rings. The average molecular weight is 675 g/mol. The molecule has 0 bridgehead atoms. The number of nitrogens with zero attached hydrogens (tertiary/aromatic N) is 5. The maximum absolute atomic E-state index is 15.6. The number of anilines is 2. The van der Waals surface area contributed by atoms with E-state index in [2.05, 4.69) is 18.0 Å². The zero-order chi connectivity index (χ0) is 32.9. The van der Waals surface area contributed by atoms with Gasteiger partial charge in [0.25, 0.3) is 5.56 Å². The van der Waals surface area contributed by atoms with E-state index in [-0.39, 0.29) is 58.6 Å². The Hall–Kier alpha value is -4.11. The fourth-order valence-electron chi connectivity index (χ4n) is 5.77. The first kappa shape index (κ1) is 32.3. The van der Waals surface area contributed by atoms with Crippen molar-refractivity contribution in [3.63, 3.8) is 0 Å². The molecule has 5 rings (SSSR count). The number of amides is 1. The number of benzene rings is 1. The van der Waals surface area contributed by atoms with Gasteiger partial charge in [-0.1, -0.05) is 55.2 Å². The Morgan fingerprint density at radius 2 is 1.87 bits per heavy atom. The lowest BCUT2D eigenvalue weighted by molar-refractivity contribution is -0.126. The number of carbonyl (C=O) groups is 1. The van der Waals surface area contributed by atoms with E-state index in [9.17, 15) is 19.2 Å². The highest BCUT2D eigenvalue weighted by molar-refractivity contribution is 6.38. The third kappa shape index (κ3) is 5.31. The molecule has 0 saturated carbocycles. The summed E-state index contributed by atoms with van der Waals surface area (Å²) in [6.45, 7) is 10.5. The van der Waals surface area contributed by atoms with E-state index in [4.69, 9.17) is 45.5 Å². The van der Waals surface area contributed by atoms with Crippen LogP contribution in [0, 0.1) is 28.9 Å². The van der Waals surface area contributed by atoms with E-state index in [0.29, 0.717) is 24.2 Å². The number of nitrogens with two attached hydrogens (primary N) is 1. The van der Waals surface area contributed by atoms with Crippen LogP contribution in [-0.4, -0.2) is 52.6 Å². The molecule has 3 N–H and O–H groups in total. The number of hydrogen-bond acceptors (Lipinski definition) is 7. The Labute approximate surface area is 272 Å². The van der Waals surface area contributed by atoms with Crippen molar-refractivity contribution in [3.05, 3.63) is 79.2 Å². The first-order valence-electron chi connectivity index (χ1n) is 13.9. The van der Waals surface area contributed by atoms with Crippen molar-refractivity contribution in [2.45, 2.75) is 26.8 Å². The molecule has 1 atom stereocenters. The Morgan fingerprint density at radius 3 is 2.47 bits per heavy atom. The Morgan fingerprint density at radius 1 is 1.20 bits per heavy atom. The van der Waals surface area contributed by atoms with Gasteiger partial charge in [0.05, 0.1) is 39.4 Å². The second-order valence-electron chi connectivity index (χ2n) is 11.0. The lowest BCUT2D eigenvalue weighted by atomic mass is 9.94. The predicted molar refractivity (Wildman–Crippen MR) is 174 cm³/mol. The minimum atomic E-state index is -1.23. The van der Waals surface area contributed by atoms with Gasteiger partial charge < -0.3 is 20.9 Å². The summed E-state index contributed by atoms with van der Waals surface area (Å²) >= 11 is 18.7. The number of nitriles is 1. The van der Waals surface area contributed by atoms with Gasteiger partial charge in [-0.15, -0.1) is 0 Å². The van der Waals surface area contributed by atoms with Crippen LogP contribution in [0.1, 0.15) is 26.3 Å². The van der Waals surface area contributed by atoms with Crippen molar-refractivity contribution >= 4 is 68.8 Å². The molecule has 3 aromatic rings. The van der Waals surface area contributed by atoms with Crippen LogP contribution >= 0.6 is 34.8 Å². The molecule has 0 aliphatic carbocycles. The zero-order valence-electron chi connectivity index (χ0n) is 24.5. The van der Waals surface area contributed by atoms with Gasteiger partial charge in [0.2, 0.25) is 5.91 Å². The van der Waals surface area contributed by atoms with Gasteiger partial charge in [0.15, 0.2) is 11.6 Å². The number of aromatic nitrogens is 2. The minimum Gasteiger partial charge on any atom is -0.397 e. The van der Waals surface area contributed by atoms with Crippen LogP contribution in [0.3, 0.4) is 0 Å². The zero-order valence-corrected chi connectivity index (χ0v) is 26.8. The normalized spacial score (nSPS) is 16.8. The fraction of sp³-hybridized carbons (Fsp3) is 0.290. The van der Waals surface area contributed by atoms with Crippen LogP contribution in [0.4, 0.5) is 20.2 Å². The Kier molecular flexibility index (Phi) is 8.86. The van der Waals surface area contributed by atoms with E-state index < -0.39 is 38.5 Å². The van der Waals surface area contributed by atoms with E-state index in [1.54, 1.807) is 17.2 Å². The molecule has 1 amide bonds. The van der Waals surface area contributed by atoms with Crippen molar-refractivity contribution < 1.29 is 13.6 Å². The van der Waals surface area contributed by atoms with E-state index in [0.717, 1.165) is 5.57 Å².